The molecule has 7 rings (SSSR count). The largest absolute Gasteiger partial charge is 0.416 e. The number of hydrogen-bond donors (Lipinski definition) is 0. The molecule has 224 valence electrons. The monoisotopic (exact) mass is 590 g/mol. The van der Waals surface area contributed by atoms with E-state index in [0.29, 0.717) is 43.6 Å². The van der Waals surface area contributed by atoms with Crippen molar-refractivity contribution in [1.82, 2.24) is 19.7 Å². The fourth-order valence-corrected chi connectivity index (χ4v) is 7.49. The topological polar surface area (TPSA) is 87.3 Å². The van der Waals surface area contributed by atoms with Gasteiger partial charge in [-0.05, 0) is 73.1 Å². The SMILES string of the molecule is Cn1cnnc1CC1(c2cccc(N3Cc4c(cc(CN5CC[C@H]6CC[C@H](C5)O6)cc4C(F)(F)F)C3=O)c2)CC(C#N)C1. The van der Waals surface area contributed by atoms with Crippen molar-refractivity contribution in [3.63, 3.8) is 0 Å². The Bertz CT molecular complexity index is 1600. The Labute approximate surface area is 248 Å². The standard InChI is InChI=1S/C32H33F3N6O2/c1-39-19-37-38-29(39)14-31(12-21(13-31)15-36)22-3-2-4-23(11-22)41-18-27-26(30(41)42)9-20(10-28(27)32(33,34)35)16-40-8-7-24-5-6-25(17-40)43-24/h2-4,9-11,19,21,24-25H,5-8,12-14,16-18H2,1H3/t21?,24-,25-,31?/m1/s1. The predicted molar refractivity (Wildman–Crippen MR) is 151 cm³/mol. The van der Waals surface area contributed by atoms with Gasteiger partial charge in [0.05, 0.1) is 30.4 Å². The molecule has 0 N–H and O–H groups in total. The number of carbonyl (C=O) groups excluding carboxylic acids is 1. The molecule has 2 saturated heterocycles. The zero-order chi connectivity index (χ0) is 29.9. The third-order valence-electron chi connectivity index (χ3n) is 9.77. The average molecular weight is 591 g/mol. The first-order chi connectivity index (χ1) is 20.6. The van der Waals surface area contributed by atoms with Crippen LogP contribution in [0.25, 0.3) is 0 Å². The van der Waals surface area contributed by atoms with Crippen LogP contribution in [0.4, 0.5) is 18.9 Å². The molecule has 4 aliphatic rings. The van der Waals surface area contributed by atoms with Crippen LogP contribution in [0.1, 0.15) is 70.5 Å². The Balaban J connectivity index is 1.18. The molecule has 1 aromatic heterocycles. The average Bonchev–Trinajstić information content (AvgIpc) is 3.62. The first kappa shape index (κ1) is 28.0. The van der Waals surface area contributed by atoms with Crippen LogP contribution in [0.15, 0.2) is 42.7 Å². The van der Waals surface area contributed by atoms with E-state index < -0.39 is 17.6 Å². The van der Waals surface area contributed by atoms with Crippen LogP contribution in [0.2, 0.25) is 0 Å². The Morgan fingerprint density at radius 2 is 1.95 bits per heavy atom. The van der Waals surface area contributed by atoms with Crippen LogP contribution in [0.5, 0.6) is 0 Å². The summed E-state index contributed by atoms with van der Waals surface area (Å²) in [6.45, 7) is 1.64. The summed E-state index contributed by atoms with van der Waals surface area (Å²) in [5.41, 5.74) is 1.01. The molecule has 3 aromatic rings. The van der Waals surface area contributed by atoms with Crippen molar-refractivity contribution in [3.8, 4) is 6.07 Å². The van der Waals surface area contributed by atoms with Crippen LogP contribution in [0, 0.1) is 17.2 Å². The lowest BCUT2D eigenvalue weighted by molar-refractivity contribution is -0.138. The lowest BCUT2D eigenvalue weighted by Gasteiger charge is -2.45. The Morgan fingerprint density at radius 1 is 1.14 bits per heavy atom. The number of carbonyl (C=O) groups is 1. The number of aromatic nitrogens is 3. The van der Waals surface area contributed by atoms with Crippen molar-refractivity contribution in [1.29, 1.82) is 5.26 Å². The molecule has 4 heterocycles. The summed E-state index contributed by atoms with van der Waals surface area (Å²) < 4.78 is 51.1. The molecule has 3 fully saturated rings. The van der Waals surface area contributed by atoms with Crippen LogP contribution in [0.3, 0.4) is 0 Å². The van der Waals surface area contributed by atoms with Crippen molar-refractivity contribution in [2.75, 3.05) is 18.0 Å². The highest BCUT2D eigenvalue weighted by atomic mass is 19.4. The smallest absolute Gasteiger partial charge is 0.374 e. The number of halogens is 3. The second kappa shape index (κ2) is 10.5. The zero-order valence-electron chi connectivity index (χ0n) is 24.0. The van der Waals surface area contributed by atoms with Gasteiger partial charge in [-0.15, -0.1) is 10.2 Å². The third kappa shape index (κ3) is 5.10. The summed E-state index contributed by atoms with van der Waals surface area (Å²) in [6.07, 6.45) is 2.13. The van der Waals surface area contributed by atoms with Crippen molar-refractivity contribution in [3.05, 3.63) is 76.4 Å². The lowest BCUT2D eigenvalue weighted by atomic mass is 9.57. The van der Waals surface area contributed by atoms with Crippen LogP contribution >= 0.6 is 0 Å². The van der Waals surface area contributed by atoms with Gasteiger partial charge in [-0.25, -0.2) is 0 Å². The van der Waals surface area contributed by atoms with Crippen LogP contribution in [-0.2, 0) is 42.9 Å². The van der Waals surface area contributed by atoms with Gasteiger partial charge in [-0.1, -0.05) is 12.1 Å². The Kier molecular flexibility index (Phi) is 6.82. The fraction of sp³-hybridized carbons (Fsp3) is 0.500. The number of likely N-dealkylation sites (tertiary alicyclic amines) is 1. The number of benzene rings is 2. The second-order valence-corrected chi connectivity index (χ2v) is 12.6. The summed E-state index contributed by atoms with van der Waals surface area (Å²) >= 11 is 0. The van der Waals surface area contributed by atoms with Gasteiger partial charge in [0.2, 0.25) is 0 Å². The van der Waals surface area contributed by atoms with Crippen molar-refractivity contribution in [2.24, 2.45) is 13.0 Å². The van der Waals surface area contributed by atoms with E-state index in [1.165, 1.54) is 11.0 Å². The van der Waals surface area contributed by atoms with Crippen LogP contribution in [-0.4, -0.2) is 50.9 Å². The number of alkyl halides is 3. The molecule has 1 aliphatic carbocycles. The van der Waals surface area contributed by atoms with Gasteiger partial charge in [-0.3, -0.25) is 9.69 Å². The first-order valence-electron chi connectivity index (χ1n) is 14.9. The van der Waals surface area contributed by atoms with E-state index in [0.717, 1.165) is 37.2 Å². The zero-order valence-corrected chi connectivity index (χ0v) is 24.0. The van der Waals surface area contributed by atoms with Gasteiger partial charge in [0.1, 0.15) is 12.2 Å². The maximum Gasteiger partial charge on any atom is 0.416 e. The molecule has 3 aliphatic heterocycles. The lowest BCUT2D eigenvalue weighted by Crippen LogP contribution is -2.43. The third-order valence-corrected chi connectivity index (χ3v) is 9.77. The molecule has 2 aromatic carbocycles. The van der Waals surface area contributed by atoms with Gasteiger partial charge < -0.3 is 14.2 Å². The normalized spacial score (nSPS) is 27.1. The molecule has 2 bridgehead atoms. The molecule has 1 saturated carbocycles. The molecule has 11 heteroatoms. The molecular formula is C32H33F3N6O2. The van der Waals surface area contributed by atoms with Gasteiger partial charge in [0.15, 0.2) is 0 Å². The number of anilines is 1. The minimum atomic E-state index is -4.59. The molecule has 43 heavy (non-hydrogen) atoms. The molecule has 8 nitrogen and oxygen atoms in total. The number of hydrogen-bond acceptors (Lipinski definition) is 6. The quantitative estimate of drug-likeness (QED) is 0.394. The van der Waals surface area contributed by atoms with Crippen molar-refractivity contribution >= 4 is 11.6 Å². The predicted octanol–water partition coefficient (Wildman–Crippen LogP) is 5.16. The number of ether oxygens (including phenoxy) is 1. The van der Waals surface area contributed by atoms with Crippen molar-refractivity contribution in [2.45, 2.75) is 75.4 Å². The van der Waals surface area contributed by atoms with E-state index in [2.05, 4.69) is 21.2 Å². The van der Waals surface area contributed by atoms with Crippen LogP contribution < -0.4 is 4.90 Å². The summed E-state index contributed by atoms with van der Waals surface area (Å²) in [5.74, 6) is 0.273. The number of fused-ring (bicyclic) bond motifs is 3. The summed E-state index contributed by atoms with van der Waals surface area (Å²) in [4.78, 5) is 17.4. The highest BCUT2D eigenvalue weighted by molar-refractivity contribution is 6.10. The summed E-state index contributed by atoms with van der Waals surface area (Å²) in [5, 5.41) is 17.8. The second-order valence-electron chi connectivity index (χ2n) is 12.6. The first-order valence-corrected chi connectivity index (χ1v) is 14.9. The summed E-state index contributed by atoms with van der Waals surface area (Å²) in [6, 6.07) is 12.7. The summed E-state index contributed by atoms with van der Waals surface area (Å²) in [7, 11) is 1.87. The van der Waals surface area contributed by atoms with E-state index in [1.54, 1.807) is 18.5 Å². The van der Waals surface area contributed by atoms with Gasteiger partial charge in [-0.2, -0.15) is 18.4 Å². The maximum atomic E-state index is 14.4. The number of rotatable bonds is 6. The van der Waals surface area contributed by atoms with E-state index in [9.17, 15) is 23.2 Å². The molecule has 0 spiro atoms. The Hall–Kier alpha value is -3.75. The van der Waals surface area contributed by atoms with E-state index in [4.69, 9.17) is 4.74 Å². The fourth-order valence-electron chi connectivity index (χ4n) is 7.49. The molecule has 0 unspecified atom stereocenters. The van der Waals surface area contributed by atoms with Gasteiger partial charge in [0, 0.05) is 55.7 Å². The highest BCUT2D eigenvalue weighted by Crippen LogP contribution is 2.50. The maximum absolute atomic E-state index is 14.4. The minimum absolute atomic E-state index is 0.0203. The van der Waals surface area contributed by atoms with Gasteiger partial charge in [0.25, 0.3) is 5.91 Å². The van der Waals surface area contributed by atoms with E-state index >= 15 is 0 Å². The highest BCUT2D eigenvalue weighted by Gasteiger charge is 2.47. The van der Waals surface area contributed by atoms with E-state index in [1.807, 2.05) is 29.8 Å². The molecular weight excluding hydrogens is 557 g/mol. The Morgan fingerprint density at radius 3 is 2.70 bits per heavy atom. The number of nitrogens with zero attached hydrogens (tertiary/aromatic N) is 6. The number of nitriles is 1. The molecule has 1 amide bonds. The molecule has 0 radical (unpaired) electrons. The van der Waals surface area contributed by atoms with Crippen molar-refractivity contribution < 1.29 is 22.7 Å². The van der Waals surface area contributed by atoms with E-state index in [-0.39, 0.29) is 41.2 Å². The minimum Gasteiger partial charge on any atom is -0.374 e. The number of aryl methyl sites for hydroxylation is 1. The van der Waals surface area contributed by atoms with Gasteiger partial charge >= 0.3 is 6.18 Å². The molecule has 2 atom stereocenters. The number of amides is 1.